The van der Waals surface area contributed by atoms with Gasteiger partial charge in [-0.3, -0.25) is 9.59 Å². The number of amides is 2. The zero-order chi connectivity index (χ0) is 21.2. The average molecular weight is 412 g/mol. The topological polar surface area (TPSA) is 58.6 Å². The number of hydrogen-bond donors (Lipinski definition) is 1. The zero-order valence-electron chi connectivity index (χ0n) is 17.2. The van der Waals surface area contributed by atoms with E-state index in [1.807, 2.05) is 83.8 Å². The van der Waals surface area contributed by atoms with Crippen molar-refractivity contribution < 1.29 is 14.3 Å². The smallest absolute Gasteiger partial charge is 0.232 e. The second kappa shape index (κ2) is 8.26. The predicted molar refractivity (Wildman–Crippen MR) is 118 cm³/mol. The van der Waals surface area contributed by atoms with E-state index in [9.17, 15) is 9.59 Å². The van der Waals surface area contributed by atoms with E-state index in [1.165, 1.54) is 0 Å². The van der Waals surface area contributed by atoms with E-state index in [0.717, 1.165) is 16.7 Å². The molecule has 2 aliphatic rings. The monoisotopic (exact) mass is 412 g/mol. The van der Waals surface area contributed by atoms with Gasteiger partial charge in [0.25, 0.3) is 0 Å². The van der Waals surface area contributed by atoms with Crippen LogP contribution < -0.4 is 10.1 Å². The first-order valence-corrected chi connectivity index (χ1v) is 10.6. The highest BCUT2D eigenvalue weighted by molar-refractivity contribution is 5.89. The number of fused-ring (bicyclic) bond motifs is 2. The lowest BCUT2D eigenvalue weighted by atomic mass is 9.87. The number of ether oxygens (including phenoxy) is 1. The Bertz CT molecular complexity index is 1070. The first-order chi connectivity index (χ1) is 15.2. The third-order valence-electron chi connectivity index (χ3n) is 6.02. The molecule has 31 heavy (non-hydrogen) atoms. The van der Waals surface area contributed by atoms with Crippen molar-refractivity contribution in [2.24, 2.45) is 5.92 Å². The van der Waals surface area contributed by atoms with Crippen LogP contribution in [0.3, 0.4) is 0 Å². The summed E-state index contributed by atoms with van der Waals surface area (Å²) in [7, 11) is 0. The van der Waals surface area contributed by atoms with Crippen molar-refractivity contribution in [1.82, 2.24) is 10.2 Å². The number of rotatable bonds is 5. The number of hydrogen-bond acceptors (Lipinski definition) is 3. The maximum absolute atomic E-state index is 13.3. The number of nitrogens with zero attached hydrogens (tertiary/aromatic N) is 1. The first kappa shape index (κ1) is 19.4. The fourth-order valence-corrected chi connectivity index (χ4v) is 4.49. The van der Waals surface area contributed by atoms with Gasteiger partial charge in [-0.05, 0) is 17.7 Å². The van der Waals surface area contributed by atoms with Crippen LogP contribution in [0.15, 0.2) is 78.9 Å². The largest absolute Gasteiger partial charge is 0.457 e. The van der Waals surface area contributed by atoms with Gasteiger partial charge in [-0.2, -0.15) is 0 Å². The van der Waals surface area contributed by atoms with Gasteiger partial charge in [-0.1, -0.05) is 66.7 Å². The van der Waals surface area contributed by atoms with Gasteiger partial charge in [0, 0.05) is 43.1 Å². The highest BCUT2D eigenvalue weighted by Crippen LogP contribution is 2.43. The van der Waals surface area contributed by atoms with E-state index in [1.54, 1.807) is 0 Å². The van der Waals surface area contributed by atoms with Crippen molar-refractivity contribution in [2.75, 3.05) is 13.1 Å². The second-order valence-corrected chi connectivity index (χ2v) is 8.19. The first-order valence-electron chi connectivity index (χ1n) is 10.6. The van der Waals surface area contributed by atoms with Gasteiger partial charge in [-0.15, -0.1) is 0 Å². The molecule has 2 amide bonds. The predicted octanol–water partition coefficient (Wildman–Crippen LogP) is 4.09. The van der Waals surface area contributed by atoms with Gasteiger partial charge in [-0.25, -0.2) is 0 Å². The average Bonchev–Trinajstić information content (AvgIpc) is 3.15. The Hall–Kier alpha value is -3.60. The van der Waals surface area contributed by atoms with Crippen molar-refractivity contribution in [3.63, 3.8) is 0 Å². The third-order valence-corrected chi connectivity index (χ3v) is 6.02. The maximum Gasteiger partial charge on any atom is 0.232 e. The molecule has 0 aliphatic carbocycles. The molecule has 5 rings (SSSR count). The molecule has 1 saturated heterocycles. The second-order valence-electron chi connectivity index (χ2n) is 8.19. The highest BCUT2D eigenvalue weighted by atomic mass is 16.5. The number of carbonyl (C=O) groups is 2. The van der Waals surface area contributed by atoms with Gasteiger partial charge < -0.3 is 15.0 Å². The molecule has 2 aliphatic heterocycles. The van der Waals surface area contributed by atoms with Crippen molar-refractivity contribution in [3.05, 3.63) is 95.6 Å². The van der Waals surface area contributed by atoms with E-state index in [2.05, 4.69) is 5.32 Å². The van der Waals surface area contributed by atoms with Crippen LogP contribution in [-0.4, -0.2) is 29.8 Å². The van der Waals surface area contributed by atoms with Crippen molar-refractivity contribution in [1.29, 1.82) is 0 Å². The number of benzene rings is 3. The van der Waals surface area contributed by atoms with Gasteiger partial charge >= 0.3 is 0 Å². The van der Waals surface area contributed by atoms with Gasteiger partial charge in [0.15, 0.2) is 0 Å². The zero-order valence-corrected chi connectivity index (χ0v) is 17.2. The number of nitrogens with one attached hydrogen (secondary N) is 1. The van der Waals surface area contributed by atoms with Crippen LogP contribution in [0.25, 0.3) is 0 Å². The summed E-state index contributed by atoms with van der Waals surface area (Å²) in [4.78, 5) is 27.6. The van der Waals surface area contributed by atoms with Crippen molar-refractivity contribution >= 4 is 11.8 Å². The molecule has 1 N–H and O–H groups in total. The van der Waals surface area contributed by atoms with E-state index in [4.69, 9.17) is 4.74 Å². The molecule has 1 fully saturated rings. The summed E-state index contributed by atoms with van der Waals surface area (Å²) in [6.45, 7) is 1.76. The molecule has 0 radical (unpaired) electrons. The Morgan fingerprint density at radius 2 is 1.52 bits per heavy atom. The highest BCUT2D eigenvalue weighted by Gasteiger charge is 2.34. The lowest BCUT2D eigenvalue weighted by molar-refractivity contribution is -0.128. The van der Waals surface area contributed by atoms with E-state index < -0.39 is 5.92 Å². The fraction of sp³-hybridized carbons (Fsp3) is 0.231. The minimum absolute atomic E-state index is 0.0582. The summed E-state index contributed by atoms with van der Waals surface area (Å²) >= 11 is 0. The van der Waals surface area contributed by atoms with Crippen LogP contribution in [0.1, 0.15) is 29.0 Å². The Kier molecular flexibility index (Phi) is 5.16. The molecule has 5 nitrogen and oxygen atoms in total. The summed E-state index contributed by atoms with van der Waals surface area (Å²) in [5.74, 6) is 1.21. The Balaban J connectivity index is 1.27. The standard InChI is InChI=1S/C26H24N2O3/c29-24-14-19(17-28(24)16-18-8-2-1-3-9-18)15-27-26(30)25-20-10-4-6-12-22(20)31-23-13-7-5-11-21(23)25/h1-13,19,25H,14-17H2,(H,27,30). The quantitative estimate of drug-likeness (QED) is 0.687. The molecule has 0 bridgehead atoms. The summed E-state index contributed by atoms with van der Waals surface area (Å²) in [6.07, 6.45) is 0.466. The maximum atomic E-state index is 13.3. The van der Waals surface area contributed by atoms with Crippen LogP contribution in [0.5, 0.6) is 11.5 Å². The van der Waals surface area contributed by atoms with Crippen LogP contribution in [0, 0.1) is 5.92 Å². The molecule has 0 spiro atoms. The number of likely N-dealkylation sites (tertiary alicyclic amines) is 1. The Morgan fingerprint density at radius 3 is 2.19 bits per heavy atom. The van der Waals surface area contributed by atoms with Crippen molar-refractivity contribution in [2.45, 2.75) is 18.9 Å². The van der Waals surface area contributed by atoms with E-state index in [-0.39, 0.29) is 17.7 Å². The van der Waals surface area contributed by atoms with Crippen molar-refractivity contribution in [3.8, 4) is 11.5 Å². The number of carbonyl (C=O) groups excluding carboxylic acids is 2. The molecule has 1 unspecified atom stereocenters. The van der Waals surface area contributed by atoms with Gasteiger partial charge in [0.05, 0.1) is 5.92 Å². The summed E-state index contributed by atoms with van der Waals surface area (Å²) in [6, 6.07) is 25.3. The fourth-order valence-electron chi connectivity index (χ4n) is 4.49. The molecule has 3 aromatic rings. The van der Waals surface area contributed by atoms with Crippen LogP contribution in [-0.2, 0) is 16.1 Å². The minimum Gasteiger partial charge on any atom is -0.457 e. The van der Waals surface area contributed by atoms with Crippen LogP contribution >= 0.6 is 0 Å². The molecule has 3 aromatic carbocycles. The lowest BCUT2D eigenvalue weighted by Gasteiger charge is -2.27. The summed E-state index contributed by atoms with van der Waals surface area (Å²) in [5.41, 5.74) is 2.86. The molecular weight excluding hydrogens is 388 g/mol. The summed E-state index contributed by atoms with van der Waals surface area (Å²) in [5, 5.41) is 3.11. The molecule has 156 valence electrons. The molecule has 5 heteroatoms. The van der Waals surface area contributed by atoms with Gasteiger partial charge in [0.1, 0.15) is 11.5 Å². The van der Waals surface area contributed by atoms with Crippen LogP contribution in [0.2, 0.25) is 0 Å². The third kappa shape index (κ3) is 3.91. The lowest BCUT2D eigenvalue weighted by Crippen LogP contribution is -2.35. The Morgan fingerprint density at radius 1 is 0.903 bits per heavy atom. The van der Waals surface area contributed by atoms with E-state index in [0.29, 0.717) is 37.6 Å². The molecule has 2 heterocycles. The normalized spacial score (nSPS) is 17.6. The SMILES string of the molecule is O=C(NCC1CC(=O)N(Cc2ccccc2)C1)C1c2ccccc2Oc2ccccc21. The Labute approximate surface area is 181 Å². The minimum atomic E-state index is -0.418. The molecule has 0 aromatic heterocycles. The number of para-hydroxylation sites is 2. The van der Waals surface area contributed by atoms with E-state index >= 15 is 0 Å². The molecular formula is C26H24N2O3. The van der Waals surface area contributed by atoms with Gasteiger partial charge in [0.2, 0.25) is 11.8 Å². The molecule has 1 atom stereocenters. The summed E-state index contributed by atoms with van der Waals surface area (Å²) < 4.78 is 5.99. The molecule has 0 saturated carbocycles. The van der Waals surface area contributed by atoms with Crippen LogP contribution in [0.4, 0.5) is 0 Å².